The Morgan fingerprint density at radius 2 is 2.35 bits per heavy atom. The van der Waals surface area contributed by atoms with Gasteiger partial charge in [-0.25, -0.2) is 4.98 Å². The third kappa shape index (κ3) is 1.78. The zero-order valence-electron chi connectivity index (χ0n) is 10.1. The van der Waals surface area contributed by atoms with Crippen LogP contribution >= 0.6 is 0 Å². The Morgan fingerprint density at radius 3 is 3.12 bits per heavy atom. The molecule has 1 aromatic heterocycles. The zero-order chi connectivity index (χ0) is 11.8. The number of hydrogen-bond donors (Lipinski definition) is 2. The third-order valence-corrected chi connectivity index (χ3v) is 3.51. The summed E-state index contributed by atoms with van der Waals surface area (Å²) in [6, 6.07) is 6.79. The molecular weight excluding hydrogens is 212 g/mol. The summed E-state index contributed by atoms with van der Waals surface area (Å²) >= 11 is 0. The quantitative estimate of drug-likeness (QED) is 0.786. The first-order valence-corrected chi connectivity index (χ1v) is 6.20. The number of anilines is 1. The molecule has 3 rings (SSSR count). The minimum atomic E-state index is 0.441. The number of imidazole rings is 1. The van der Waals surface area contributed by atoms with Gasteiger partial charge >= 0.3 is 0 Å². The molecule has 1 fully saturated rings. The summed E-state index contributed by atoms with van der Waals surface area (Å²) in [7, 11) is 0. The minimum Gasteiger partial charge on any atom is -0.369 e. The first-order valence-electron chi connectivity index (χ1n) is 6.20. The molecule has 1 aliphatic rings. The molecule has 0 saturated carbocycles. The number of aromatic nitrogens is 2. The Balaban J connectivity index is 2.11. The van der Waals surface area contributed by atoms with Gasteiger partial charge in [-0.2, -0.15) is 0 Å². The van der Waals surface area contributed by atoms with Gasteiger partial charge in [0.15, 0.2) is 0 Å². The van der Waals surface area contributed by atoms with Gasteiger partial charge in [0.05, 0.1) is 11.0 Å². The standard InChI is InChI=1S/C13H18N4/c1-9-4-5-12-11(7-9)16-13(14)17(12)10-3-2-6-15-8-10/h4-5,7,10,15H,2-3,6,8H2,1H3,(H2,14,16). The van der Waals surface area contributed by atoms with Crippen molar-refractivity contribution in [2.75, 3.05) is 18.8 Å². The summed E-state index contributed by atoms with van der Waals surface area (Å²) in [4.78, 5) is 4.46. The molecule has 0 radical (unpaired) electrons. The Labute approximate surface area is 101 Å². The van der Waals surface area contributed by atoms with Crippen LogP contribution in [0.5, 0.6) is 0 Å². The first-order chi connectivity index (χ1) is 8.25. The monoisotopic (exact) mass is 230 g/mol. The number of nitrogens with one attached hydrogen (secondary N) is 1. The lowest BCUT2D eigenvalue weighted by atomic mass is 10.1. The molecule has 4 heteroatoms. The van der Waals surface area contributed by atoms with Crippen LogP contribution in [0.15, 0.2) is 18.2 Å². The number of fused-ring (bicyclic) bond motifs is 1. The number of nitrogen functional groups attached to an aromatic ring is 1. The van der Waals surface area contributed by atoms with E-state index in [1.165, 1.54) is 18.4 Å². The lowest BCUT2D eigenvalue weighted by molar-refractivity contribution is 0.381. The lowest BCUT2D eigenvalue weighted by Crippen LogP contribution is -2.32. The van der Waals surface area contributed by atoms with Crippen molar-refractivity contribution in [3.8, 4) is 0 Å². The van der Waals surface area contributed by atoms with Crippen LogP contribution in [0.2, 0.25) is 0 Å². The van der Waals surface area contributed by atoms with Gasteiger partial charge in [0.2, 0.25) is 5.95 Å². The second-order valence-electron chi connectivity index (χ2n) is 4.83. The fourth-order valence-corrected chi connectivity index (χ4v) is 2.66. The summed E-state index contributed by atoms with van der Waals surface area (Å²) < 4.78 is 2.18. The van der Waals surface area contributed by atoms with Gasteiger partial charge in [-0.3, -0.25) is 0 Å². The van der Waals surface area contributed by atoms with Crippen molar-refractivity contribution in [1.29, 1.82) is 0 Å². The molecule has 1 aromatic carbocycles. The van der Waals surface area contributed by atoms with Gasteiger partial charge in [-0.1, -0.05) is 6.07 Å². The molecule has 1 atom stereocenters. The van der Waals surface area contributed by atoms with E-state index >= 15 is 0 Å². The number of rotatable bonds is 1. The molecule has 4 nitrogen and oxygen atoms in total. The summed E-state index contributed by atoms with van der Waals surface area (Å²) in [6.45, 7) is 4.18. The predicted octanol–water partition coefficient (Wildman–Crippen LogP) is 1.85. The zero-order valence-corrected chi connectivity index (χ0v) is 10.1. The smallest absolute Gasteiger partial charge is 0.201 e. The maximum Gasteiger partial charge on any atom is 0.201 e. The molecule has 1 unspecified atom stereocenters. The predicted molar refractivity (Wildman–Crippen MR) is 70.0 cm³/mol. The van der Waals surface area contributed by atoms with Crippen LogP contribution in [-0.4, -0.2) is 22.6 Å². The highest BCUT2D eigenvalue weighted by Gasteiger charge is 2.19. The van der Waals surface area contributed by atoms with E-state index in [0.29, 0.717) is 12.0 Å². The molecule has 0 amide bonds. The van der Waals surface area contributed by atoms with Gasteiger partial charge in [-0.15, -0.1) is 0 Å². The molecule has 90 valence electrons. The Bertz CT molecular complexity index is 538. The number of nitrogens with two attached hydrogens (primary N) is 1. The maximum atomic E-state index is 6.06. The number of piperidine rings is 1. The van der Waals surface area contributed by atoms with E-state index in [9.17, 15) is 0 Å². The van der Waals surface area contributed by atoms with Crippen molar-refractivity contribution in [2.24, 2.45) is 0 Å². The largest absolute Gasteiger partial charge is 0.369 e. The Morgan fingerprint density at radius 1 is 1.47 bits per heavy atom. The van der Waals surface area contributed by atoms with Crippen molar-refractivity contribution < 1.29 is 0 Å². The SMILES string of the molecule is Cc1ccc2c(c1)nc(N)n2C1CCCNC1. The second kappa shape index (κ2) is 4.04. The molecule has 1 aliphatic heterocycles. The normalized spacial score (nSPS) is 20.9. The number of benzene rings is 1. The lowest BCUT2D eigenvalue weighted by Gasteiger charge is -2.25. The van der Waals surface area contributed by atoms with Crippen LogP contribution in [-0.2, 0) is 0 Å². The Kier molecular flexibility index (Phi) is 2.52. The van der Waals surface area contributed by atoms with Crippen LogP contribution in [0, 0.1) is 6.92 Å². The molecule has 1 saturated heterocycles. The van der Waals surface area contributed by atoms with Crippen LogP contribution in [0.3, 0.4) is 0 Å². The number of hydrogen-bond acceptors (Lipinski definition) is 3. The third-order valence-electron chi connectivity index (χ3n) is 3.51. The molecule has 17 heavy (non-hydrogen) atoms. The van der Waals surface area contributed by atoms with E-state index in [1.807, 2.05) is 0 Å². The molecule has 0 bridgehead atoms. The summed E-state index contributed by atoms with van der Waals surface area (Å²) in [5.74, 6) is 0.638. The highest BCUT2D eigenvalue weighted by Crippen LogP contribution is 2.27. The van der Waals surface area contributed by atoms with Crippen LogP contribution in [0.1, 0.15) is 24.4 Å². The number of aryl methyl sites for hydroxylation is 1. The van der Waals surface area contributed by atoms with Gasteiger partial charge in [-0.05, 0) is 44.0 Å². The van der Waals surface area contributed by atoms with Crippen molar-refractivity contribution in [1.82, 2.24) is 14.9 Å². The maximum absolute atomic E-state index is 6.06. The highest BCUT2D eigenvalue weighted by atomic mass is 15.2. The first kappa shape index (κ1) is 10.6. The van der Waals surface area contributed by atoms with Crippen LogP contribution in [0.4, 0.5) is 5.95 Å². The highest BCUT2D eigenvalue weighted by molar-refractivity contribution is 5.79. The number of nitrogens with zero attached hydrogens (tertiary/aromatic N) is 2. The summed E-state index contributed by atoms with van der Waals surface area (Å²) in [6.07, 6.45) is 2.38. The molecule has 0 spiro atoms. The molecular formula is C13H18N4. The molecule has 3 N–H and O–H groups in total. The minimum absolute atomic E-state index is 0.441. The van der Waals surface area contributed by atoms with E-state index in [0.717, 1.165) is 24.1 Å². The van der Waals surface area contributed by atoms with Crippen molar-refractivity contribution in [3.63, 3.8) is 0 Å². The summed E-state index contributed by atoms with van der Waals surface area (Å²) in [5.41, 5.74) is 9.45. The van der Waals surface area contributed by atoms with Crippen LogP contribution in [0.25, 0.3) is 11.0 Å². The average molecular weight is 230 g/mol. The van der Waals surface area contributed by atoms with E-state index < -0.39 is 0 Å². The fourth-order valence-electron chi connectivity index (χ4n) is 2.66. The molecule has 2 aromatic rings. The van der Waals surface area contributed by atoms with E-state index in [4.69, 9.17) is 5.73 Å². The molecule has 0 aliphatic carbocycles. The van der Waals surface area contributed by atoms with Gasteiger partial charge in [0, 0.05) is 12.6 Å². The summed E-state index contributed by atoms with van der Waals surface area (Å²) in [5, 5.41) is 3.42. The molecule has 2 heterocycles. The van der Waals surface area contributed by atoms with Crippen molar-refractivity contribution >= 4 is 17.0 Å². The van der Waals surface area contributed by atoms with Gasteiger partial charge in [0.25, 0.3) is 0 Å². The topological polar surface area (TPSA) is 55.9 Å². The van der Waals surface area contributed by atoms with Crippen molar-refractivity contribution in [2.45, 2.75) is 25.8 Å². The van der Waals surface area contributed by atoms with E-state index in [2.05, 4.69) is 40.0 Å². The van der Waals surface area contributed by atoms with Gasteiger partial charge in [0.1, 0.15) is 0 Å². The van der Waals surface area contributed by atoms with Crippen molar-refractivity contribution in [3.05, 3.63) is 23.8 Å². The Hall–Kier alpha value is -1.55. The second-order valence-corrected chi connectivity index (χ2v) is 4.83. The van der Waals surface area contributed by atoms with E-state index in [-0.39, 0.29) is 0 Å². The van der Waals surface area contributed by atoms with E-state index in [1.54, 1.807) is 0 Å². The average Bonchev–Trinajstić information content (AvgIpc) is 2.65. The van der Waals surface area contributed by atoms with Crippen LogP contribution < -0.4 is 11.1 Å². The fraction of sp³-hybridized carbons (Fsp3) is 0.462. The van der Waals surface area contributed by atoms with Gasteiger partial charge < -0.3 is 15.6 Å².